The summed E-state index contributed by atoms with van der Waals surface area (Å²) in [7, 11) is 5.08. The highest BCUT2D eigenvalue weighted by molar-refractivity contribution is 7.07. The average molecular weight is 596 g/mol. The minimum Gasteiger partial charge on any atom is -0.496 e. The second-order valence-corrected chi connectivity index (χ2v) is 11.6. The van der Waals surface area contributed by atoms with Crippen molar-refractivity contribution in [3.63, 3.8) is 0 Å². The van der Waals surface area contributed by atoms with E-state index in [1.165, 1.54) is 11.3 Å². The Morgan fingerprint density at radius 2 is 1.74 bits per heavy atom. The number of amides is 1. The number of carbonyl (C=O) groups is 1. The molecule has 10 heteroatoms. The number of fused-ring (bicyclic) bond motifs is 3. The summed E-state index contributed by atoms with van der Waals surface area (Å²) >= 11 is 1.28. The van der Waals surface area contributed by atoms with E-state index in [9.17, 15) is 14.4 Å². The number of thiazole rings is 1. The Kier molecular flexibility index (Phi) is 7.17. The van der Waals surface area contributed by atoms with E-state index in [0.29, 0.717) is 39.4 Å². The summed E-state index contributed by atoms with van der Waals surface area (Å²) in [5.74, 6) is 0.434. The SMILES string of the molecule is CCN(CC)C(=O)C1=C(C)N=c2s/c(=C/c3ccc4c(c3)n(C)c(=O)n4C)c(=O)n2[C@H]1c1c(OC)ccc2ccccc12. The predicted octanol–water partition coefficient (Wildman–Crippen LogP) is 3.46. The van der Waals surface area contributed by atoms with Crippen LogP contribution in [0.15, 0.2) is 80.4 Å². The largest absolute Gasteiger partial charge is 0.496 e. The highest BCUT2D eigenvalue weighted by Gasteiger charge is 2.36. The molecule has 9 nitrogen and oxygen atoms in total. The third-order valence-electron chi connectivity index (χ3n) is 8.32. The normalized spacial score (nSPS) is 15.2. The lowest BCUT2D eigenvalue weighted by molar-refractivity contribution is -0.127. The molecule has 0 fully saturated rings. The van der Waals surface area contributed by atoms with Crippen LogP contribution in [0.5, 0.6) is 5.75 Å². The van der Waals surface area contributed by atoms with Gasteiger partial charge in [0.1, 0.15) is 11.8 Å². The molecule has 220 valence electrons. The fourth-order valence-corrected chi connectivity index (χ4v) is 7.10. The van der Waals surface area contributed by atoms with Crippen LogP contribution in [-0.4, -0.2) is 44.7 Å². The first-order valence-electron chi connectivity index (χ1n) is 14.2. The van der Waals surface area contributed by atoms with Crippen molar-refractivity contribution in [2.45, 2.75) is 26.8 Å². The van der Waals surface area contributed by atoms with Crippen LogP contribution >= 0.6 is 11.3 Å². The van der Waals surface area contributed by atoms with Crippen molar-refractivity contribution < 1.29 is 9.53 Å². The van der Waals surface area contributed by atoms with Gasteiger partial charge in [0.05, 0.1) is 33.9 Å². The molecule has 0 saturated heterocycles. The Labute approximate surface area is 251 Å². The fraction of sp³-hybridized carbons (Fsp3) is 0.273. The van der Waals surface area contributed by atoms with Crippen LogP contribution in [0.2, 0.25) is 0 Å². The number of hydrogen-bond donors (Lipinski definition) is 0. The second-order valence-electron chi connectivity index (χ2n) is 10.6. The summed E-state index contributed by atoms with van der Waals surface area (Å²) in [6, 6.07) is 16.7. The predicted molar refractivity (Wildman–Crippen MR) is 170 cm³/mol. The van der Waals surface area contributed by atoms with Gasteiger partial charge in [-0.3, -0.25) is 23.3 Å². The summed E-state index contributed by atoms with van der Waals surface area (Å²) in [4.78, 5) is 48.0. The molecule has 0 saturated carbocycles. The molecule has 3 aromatic carbocycles. The highest BCUT2D eigenvalue weighted by atomic mass is 32.1. The van der Waals surface area contributed by atoms with Crippen molar-refractivity contribution in [2.24, 2.45) is 19.1 Å². The molecule has 5 aromatic rings. The zero-order chi connectivity index (χ0) is 30.6. The van der Waals surface area contributed by atoms with Crippen molar-refractivity contribution >= 4 is 45.1 Å². The standard InChI is InChI=1S/C33H33N5O4S/c1-7-37(8-2)31(40)27-19(3)34-32-38(29(27)28-22-12-10-9-11-21(22)14-16-25(28)42-6)30(39)26(43-32)18-20-13-15-23-24(17-20)36(5)33(41)35(23)4/h9-18,29H,7-8H2,1-6H3/b26-18+/t29-/m1/s1. The van der Waals surface area contributed by atoms with Crippen molar-refractivity contribution in [3.8, 4) is 5.75 Å². The van der Waals surface area contributed by atoms with Gasteiger partial charge < -0.3 is 9.64 Å². The Morgan fingerprint density at radius 3 is 2.47 bits per heavy atom. The Balaban J connectivity index is 1.65. The van der Waals surface area contributed by atoms with Crippen LogP contribution in [0.1, 0.15) is 37.9 Å². The number of ether oxygens (including phenoxy) is 1. The molecular formula is C33H33N5O4S. The van der Waals surface area contributed by atoms with E-state index < -0.39 is 6.04 Å². The first-order chi connectivity index (χ1) is 20.7. The van der Waals surface area contributed by atoms with E-state index >= 15 is 0 Å². The molecular weight excluding hydrogens is 562 g/mol. The molecule has 1 aliphatic heterocycles. The number of aryl methyl sites for hydroxylation is 2. The summed E-state index contributed by atoms with van der Waals surface area (Å²) in [6.07, 6.45) is 1.82. The van der Waals surface area contributed by atoms with Crippen LogP contribution in [0.3, 0.4) is 0 Å². The molecule has 0 aliphatic carbocycles. The van der Waals surface area contributed by atoms with Gasteiger partial charge in [-0.15, -0.1) is 0 Å². The summed E-state index contributed by atoms with van der Waals surface area (Å²) in [5, 5.41) is 1.88. The van der Waals surface area contributed by atoms with Gasteiger partial charge >= 0.3 is 5.69 Å². The number of methoxy groups -OCH3 is 1. The summed E-state index contributed by atoms with van der Waals surface area (Å²) in [5.41, 5.74) is 3.79. The zero-order valence-electron chi connectivity index (χ0n) is 25.0. The van der Waals surface area contributed by atoms with Crippen molar-refractivity contribution in [1.29, 1.82) is 0 Å². The number of rotatable bonds is 6. The molecule has 43 heavy (non-hydrogen) atoms. The van der Waals surface area contributed by atoms with E-state index in [0.717, 1.165) is 32.9 Å². The van der Waals surface area contributed by atoms with Crippen LogP contribution in [0.25, 0.3) is 27.9 Å². The number of allylic oxidation sites excluding steroid dienone is 1. The molecule has 2 aromatic heterocycles. The third-order valence-corrected chi connectivity index (χ3v) is 9.30. The Morgan fingerprint density at radius 1 is 1.02 bits per heavy atom. The molecule has 0 bridgehead atoms. The number of benzene rings is 3. The van der Waals surface area contributed by atoms with Crippen LogP contribution in [0, 0.1) is 0 Å². The molecule has 1 aliphatic rings. The van der Waals surface area contributed by atoms with E-state index in [4.69, 9.17) is 9.73 Å². The number of hydrogen-bond acceptors (Lipinski definition) is 6. The van der Waals surface area contributed by atoms with E-state index in [-0.39, 0.29) is 17.2 Å². The van der Waals surface area contributed by atoms with Crippen molar-refractivity contribution in [2.75, 3.05) is 20.2 Å². The molecule has 0 unspecified atom stereocenters. The minimum atomic E-state index is -0.745. The van der Waals surface area contributed by atoms with Gasteiger partial charge in [-0.05, 0) is 61.4 Å². The van der Waals surface area contributed by atoms with Gasteiger partial charge in [-0.25, -0.2) is 9.79 Å². The Hall–Kier alpha value is -4.70. The quantitative estimate of drug-likeness (QED) is 0.301. The lowest BCUT2D eigenvalue weighted by Crippen LogP contribution is -2.43. The monoisotopic (exact) mass is 595 g/mol. The highest BCUT2D eigenvalue weighted by Crippen LogP contribution is 2.40. The van der Waals surface area contributed by atoms with E-state index in [2.05, 4.69) is 0 Å². The zero-order valence-corrected chi connectivity index (χ0v) is 25.9. The summed E-state index contributed by atoms with van der Waals surface area (Å²) in [6.45, 7) is 6.78. The average Bonchev–Trinajstić information content (AvgIpc) is 3.43. The lowest BCUT2D eigenvalue weighted by Gasteiger charge is -2.30. The van der Waals surface area contributed by atoms with Crippen molar-refractivity contribution in [1.82, 2.24) is 18.6 Å². The fourth-order valence-electron chi connectivity index (χ4n) is 6.05. The lowest BCUT2D eigenvalue weighted by atomic mass is 9.90. The van der Waals surface area contributed by atoms with Gasteiger partial charge in [0.15, 0.2) is 4.80 Å². The number of imidazole rings is 1. The molecule has 0 radical (unpaired) electrons. The van der Waals surface area contributed by atoms with Gasteiger partial charge in [0.2, 0.25) is 0 Å². The van der Waals surface area contributed by atoms with Gasteiger partial charge in [0, 0.05) is 32.7 Å². The molecule has 1 amide bonds. The van der Waals surface area contributed by atoms with Crippen molar-refractivity contribution in [3.05, 3.63) is 107 Å². The van der Waals surface area contributed by atoms with Gasteiger partial charge in [-0.1, -0.05) is 47.7 Å². The number of carbonyl (C=O) groups excluding carboxylic acids is 1. The van der Waals surface area contributed by atoms with Crippen LogP contribution < -0.4 is 25.3 Å². The van der Waals surface area contributed by atoms with Gasteiger partial charge in [0.25, 0.3) is 11.5 Å². The van der Waals surface area contributed by atoms with Gasteiger partial charge in [-0.2, -0.15) is 0 Å². The number of nitrogens with zero attached hydrogens (tertiary/aromatic N) is 5. The summed E-state index contributed by atoms with van der Waals surface area (Å²) < 4.78 is 11.2. The van der Waals surface area contributed by atoms with Crippen LogP contribution in [-0.2, 0) is 18.9 Å². The Bertz CT molecular complexity index is 2210. The van der Waals surface area contributed by atoms with E-state index in [1.807, 2.05) is 81.4 Å². The first kappa shape index (κ1) is 28.4. The molecule has 3 heterocycles. The minimum absolute atomic E-state index is 0.114. The smallest absolute Gasteiger partial charge is 0.328 e. The first-order valence-corrected chi connectivity index (χ1v) is 15.0. The maximum Gasteiger partial charge on any atom is 0.328 e. The molecule has 6 rings (SSSR count). The molecule has 0 spiro atoms. The number of aromatic nitrogens is 3. The molecule has 1 atom stereocenters. The maximum absolute atomic E-state index is 14.3. The topological polar surface area (TPSA) is 90.8 Å². The molecule has 0 N–H and O–H groups in total. The maximum atomic E-state index is 14.3. The second kappa shape index (κ2) is 10.9. The van der Waals surface area contributed by atoms with E-state index in [1.54, 1.807) is 39.8 Å². The third kappa shape index (κ3) is 4.44. The van der Waals surface area contributed by atoms with Crippen LogP contribution in [0.4, 0.5) is 0 Å². The number of likely N-dealkylation sites (N-methyl/N-ethyl adjacent to an activating group) is 1.